The molecule has 0 radical (unpaired) electrons. The van der Waals surface area contributed by atoms with Gasteiger partial charge >= 0.3 is 0 Å². The predicted octanol–water partition coefficient (Wildman–Crippen LogP) is 0.904. The summed E-state index contributed by atoms with van der Waals surface area (Å²) < 4.78 is 0. The molecular formula is C4H6N2O2-2. The smallest absolute Gasteiger partial charge is 0.0465 e. The third kappa shape index (κ3) is 1.59. The Labute approximate surface area is 47.1 Å². The quantitative estimate of drug-likeness (QED) is 0.375. The summed E-state index contributed by atoms with van der Waals surface area (Å²) in [6.45, 7) is 2.87. The van der Waals surface area contributed by atoms with E-state index >= 15 is 0 Å². The maximum Gasteiger partial charge on any atom is 0.0465 e. The Bertz CT molecular complexity index is 112. The number of hydrogen-bond acceptors (Lipinski definition) is 4. The first kappa shape index (κ1) is 6.94. The lowest BCUT2D eigenvalue weighted by Crippen LogP contribution is -2.03. The molecule has 0 rings (SSSR count). The Morgan fingerprint density at radius 2 is 1.25 bits per heavy atom. The molecule has 0 aliphatic rings. The van der Waals surface area contributed by atoms with Crippen molar-refractivity contribution in [2.45, 2.75) is 13.8 Å². The van der Waals surface area contributed by atoms with Gasteiger partial charge in [-0.1, -0.05) is 0 Å². The van der Waals surface area contributed by atoms with Crippen molar-refractivity contribution >= 4 is 11.4 Å². The molecule has 0 fully saturated rings. The van der Waals surface area contributed by atoms with Crippen LogP contribution in [0.5, 0.6) is 0 Å². The fourth-order valence-corrected chi connectivity index (χ4v) is 0.132. The number of nitrogens with zero attached hydrogens (tertiary/aromatic N) is 2. The summed E-state index contributed by atoms with van der Waals surface area (Å²) in [6, 6.07) is 0. The van der Waals surface area contributed by atoms with Crippen LogP contribution in [0.2, 0.25) is 0 Å². The van der Waals surface area contributed by atoms with Crippen LogP contribution in [0.4, 0.5) is 0 Å². The molecule has 0 aromatic carbocycles. The predicted molar refractivity (Wildman–Crippen MR) is 33.0 cm³/mol. The van der Waals surface area contributed by atoms with Crippen LogP contribution in [0.15, 0.2) is 10.3 Å². The van der Waals surface area contributed by atoms with E-state index in [0.29, 0.717) is 0 Å². The van der Waals surface area contributed by atoms with Crippen LogP contribution in [0.1, 0.15) is 13.8 Å². The minimum absolute atomic E-state index is 0.139. The summed E-state index contributed by atoms with van der Waals surface area (Å²) >= 11 is 0. The van der Waals surface area contributed by atoms with E-state index in [1.807, 2.05) is 0 Å². The zero-order valence-corrected chi connectivity index (χ0v) is 4.71. The maximum absolute atomic E-state index is 9.60. The fraction of sp³-hybridized carbons (Fsp3) is 0.500. The van der Waals surface area contributed by atoms with Crippen LogP contribution < -0.4 is 0 Å². The van der Waals surface area contributed by atoms with Crippen molar-refractivity contribution in [2.75, 3.05) is 0 Å². The van der Waals surface area contributed by atoms with Crippen LogP contribution in [-0.2, 0) is 0 Å². The Morgan fingerprint density at radius 3 is 1.38 bits per heavy atom. The van der Waals surface area contributed by atoms with Gasteiger partial charge in [0.15, 0.2) is 0 Å². The van der Waals surface area contributed by atoms with Crippen LogP contribution in [0.25, 0.3) is 0 Å². The topological polar surface area (TPSA) is 70.8 Å². The van der Waals surface area contributed by atoms with Gasteiger partial charge in [0.1, 0.15) is 0 Å². The molecule has 4 nitrogen and oxygen atoms in total. The average Bonchev–Trinajstić information content (AvgIpc) is 1.84. The van der Waals surface area contributed by atoms with Gasteiger partial charge in [0, 0.05) is 11.4 Å². The minimum Gasteiger partial charge on any atom is -0.792 e. The Kier molecular flexibility index (Phi) is 2.61. The monoisotopic (exact) mass is 114 g/mol. The first-order valence-corrected chi connectivity index (χ1v) is 2.06. The third-order valence-electron chi connectivity index (χ3n) is 0.797. The Morgan fingerprint density at radius 1 is 1.00 bits per heavy atom. The Balaban J connectivity index is 4.04. The number of rotatable bonds is 1. The van der Waals surface area contributed by atoms with E-state index in [-0.39, 0.29) is 11.4 Å². The average molecular weight is 114 g/mol. The molecule has 8 heavy (non-hydrogen) atoms. The fourth-order valence-electron chi connectivity index (χ4n) is 0.132. The van der Waals surface area contributed by atoms with E-state index in [9.17, 15) is 10.4 Å². The van der Waals surface area contributed by atoms with E-state index in [4.69, 9.17) is 0 Å². The van der Waals surface area contributed by atoms with Crippen LogP contribution in [0, 0.1) is 10.4 Å². The molecule has 0 aliphatic carbocycles. The standard InChI is InChI=1S/C4H8N2O2/c1-3(5-7)4(2)6-8/h7-8H,1-2H3/p-2/b5-3-,6-4?. The van der Waals surface area contributed by atoms with Crippen molar-refractivity contribution in [1.82, 2.24) is 0 Å². The summed E-state index contributed by atoms with van der Waals surface area (Å²) in [4.78, 5) is 0. The highest BCUT2D eigenvalue weighted by Gasteiger charge is 1.86. The minimum atomic E-state index is 0.139. The lowest BCUT2D eigenvalue weighted by atomic mass is 10.3. The van der Waals surface area contributed by atoms with Crippen LogP contribution in [0.3, 0.4) is 0 Å². The zero-order chi connectivity index (χ0) is 6.57. The van der Waals surface area contributed by atoms with Gasteiger partial charge in [0.2, 0.25) is 0 Å². The van der Waals surface area contributed by atoms with E-state index in [0.717, 1.165) is 0 Å². The van der Waals surface area contributed by atoms with Crippen molar-refractivity contribution in [3.8, 4) is 0 Å². The molecule has 0 aromatic rings. The molecule has 0 unspecified atom stereocenters. The molecule has 0 heterocycles. The summed E-state index contributed by atoms with van der Waals surface area (Å²) in [5.74, 6) is 0. The second kappa shape index (κ2) is 3.01. The summed E-state index contributed by atoms with van der Waals surface area (Å²) in [5.41, 5.74) is 0.278. The highest BCUT2D eigenvalue weighted by molar-refractivity contribution is 6.40. The molecule has 46 valence electrons. The molecule has 0 saturated heterocycles. The van der Waals surface area contributed by atoms with Gasteiger partial charge in [0.05, 0.1) is 0 Å². The van der Waals surface area contributed by atoms with Gasteiger partial charge in [0.25, 0.3) is 0 Å². The summed E-state index contributed by atoms with van der Waals surface area (Å²) in [5, 5.41) is 24.2. The van der Waals surface area contributed by atoms with Gasteiger partial charge in [-0.25, -0.2) is 0 Å². The van der Waals surface area contributed by atoms with E-state index in [1.165, 1.54) is 13.8 Å². The Hall–Kier alpha value is -1.06. The molecule has 0 aliphatic heterocycles. The molecule has 0 aromatic heterocycles. The highest BCUT2D eigenvalue weighted by atomic mass is 16.4. The van der Waals surface area contributed by atoms with Gasteiger partial charge in [-0.05, 0) is 13.8 Å². The van der Waals surface area contributed by atoms with E-state index < -0.39 is 0 Å². The van der Waals surface area contributed by atoms with Gasteiger partial charge in [-0.2, -0.15) is 0 Å². The lowest BCUT2D eigenvalue weighted by Gasteiger charge is -2.02. The van der Waals surface area contributed by atoms with Crippen molar-refractivity contribution < 1.29 is 0 Å². The normalized spacial score (nSPS) is 14.2. The molecule has 0 saturated carbocycles. The second-order valence-electron chi connectivity index (χ2n) is 1.35. The zero-order valence-electron chi connectivity index (χ0n) is 4.71. The molecule has 0 N–H and O–H groups in total. The number of hydrogen-bond donors (Lipinski definition) is 0. The second-order valence-corrected chi connectivity index (χ2v) is 1.35. The van der Waals surface area contributed by atoms with Crippen molar-refractivity contribution in [2.24, 2.45) is 10.3 Å². The van der Waals surface area contributed by atoms with Crippen molar-refractivity contribution in [3.63, 3.8) is 0 Å². The maximum atomic E-state index is 9.60. The molecule has 0 spiro atoms. The van der Waals surface area contributed by atoms with E-state index in [2.05, 4.69) is 10.3 Å². The summed E-state index contributed by atoms with van der Waals surface area (Å²) in [6.07, 6.45) is 0. The summed E-state index contributed by atoms with van der Waals surface area (Å²) in [7, 11) is 0. The lowest BCUT2D eigenvalue weighted by molar-refractivity contribution is 1.54. The van der Waals surface area contributed by atoms with Crippen LogP contribution >= 0.6 is 0 Å². The van der Waals surface area contributed by atoms with Gasteiger partial charge < -0.3 is 20.7 Å². The SMILES string of the molecule is CC(=N[O-])/C(C)=N\[O-]. The largest absolute Gasteiger partial charge is 0.792 e. The first-order chi connectivity index (χ1) is 3.72. The van der Waals surface area contributed by atoms with Crippen molar-refractivity contribution in [3.05, 3.63) is 10.4 Å². The first-order valence-electron chi connectivity index (χ1n) is 2.06. The molecule has 0 amide bonds. The van der Waals surface area contributed by atoms with Crippen molar-refractivity contribution in [1.29, 1.82) is 0 Å². The highest BCUT2D eigenvalue weighted by Crippen LogP contribution is 1.80. The van der Waals surface area contributed by atoms with Crippen LogP contribution in [-0.4, -0.2) is 11.4 Å². The van der Waals surface area contributed by atoms with Gasteiger partial charge in [-0.15, -0.1) is 0 Å². The molecular weight excluding hydrogens is 108 g/mol. The van der Waals surface area contributed by atoms with Gasteiger partial charge in [-0.3, -0.25) is 0 Å². The molecule has 0 atom stereocenters. The molecule has 4 heteroatoms. The third-order valence-corrected chi connectivity index (χ3v) is 0.797. The van der Waals surface area contributed by atoms with E-state index in [1.54, 1.807) is 0 Å². The molecule has 0 bridgehead atoms.